The van der Waals surface area contributed by atoms with Gasteiger partial charge in [-0.05, 0) is 53.8 Å². The van der Waals surface area contributed by atoms with Crippen molar-refractivity contribution in [2.75, 3.05) is 33.9 Å². The highest BCUT2D eigenvalue weighted by Gasteiger charge is 2.49. The van der Waals surface area contributed by atoms with Crippen LogP contribution >= 0.6 is 0 Å². The first-order valence-corrected chi connectivity index (χ1v) is 16.2. The zero-order chi connectivity index (χ0) is 33.6. The summed E-state index contributed by atoms with van der Waals surface area (Å²) in [6.45, 7) is 10.8. The predicted octanol–water partition coefficient (Wildman–Crippen LogP) is 1.43. The van der Waals surface area contributed by atoms with Crippen molar-refractivity contribution in [3.8, 4) is 0 Å². The molecule has 0 aromatic heterocycles. The molecule has 0 saturated carbocycles. The molecule has 258 valence electrons. The van der Waals surface area contributed by atoms with Crippen molar-refractivity contribution in [3.63, 3.8) is 0 Å². The van der Waals surface area contributed by atoms with Gasteiger partial charge in [-0.1, -0.05) is 38.5 Å². The largest absolute Gasteiger partial charge is 0.461 e. The van der Waals surface area contributed by atoms with Crippen LogP contribution in [0.5, 0.6) is 0 Å². The van der Waals surface area contributed by atoms with E-state index in [1.807, 2.05) is 13.8 Å². The molecule has 0 radical (unpaired) electrons. The molecule has 0 bridgehead atoms. The fraction of sp³-hybridized carbons (Fsp3) is 0.818. The second kappa shape index (κ2) is 16.9. The summed E-state index contributed by atoms with van der Waals surface area (Å²) in [5, 5.41) is 43.9. The molecule has 0 spiro atoms. The number of hydrogen-bond donors (Lipinski definition) is 4. The number of hydrogen-bond acceptors (Lipinski definition) is 12. The van der Waals surface area contributed by atoms with Crippen molar-refractivity contribution >= 4 is 11.8 Å². The van der Waals surface area contributed by atoms with Gasteiger partial charge in [0.25, 0.3) is 0 Å². The molecule has 4 N–H and O–H groups in total. The summed E-state index contributed by atoms with van der Waals surface area (Å²) < 4.78 is 30.2. The van der Waals surface area contributed by atoms with Crippen LogP contribution in [-0.4, -0.2) is 126 Å². The minimum absolute atomic E-state index is 0.143. The quantitative estimate of drug-likeness (QED) is 0.309. The maximum Gasteiger partial charge on any atom is 0.311 e. The summed E-state index contributed by atoms with van der Waals surface area (Å²) in [5.74, 6) is -4.15. The zero-order valence-corrected chi connectivity index (χ0v) is 27.9. The molecule has 2 saturated heterocycles. The molecular weight excluding hydrogens is 586 g/mol. The Labute approximate surface area is 267 Å². The van der Waals surface area contributed by atoms with Crippen LogP contribution < -0.4 is 0 Å². The van der Waals surface area contributed by atoms with E-state index in [1.165, 1.54) is 6.08 Å². The molecule has 13 atom stereocenters. The number of cyclic esters (lactones) is 1. The smallest absolute Gasteiger partial charge is 0.311 e. The second-order valence-corrected chi connectivity index (χ2v) is 13.2. The highest BCUT2D eigenvalue weighted by atomic mass is 16.7. The highest BCUT2D eigenvalue weighted by molar-refractivity contribution is 5.91. The Hall–Kier alpha value is -1.74. The van der Waals surface area contributed by atoms with Gasteiger partial charge in [0.05, 0.1) is 56.2 Å². The number of rotatable bonds is 6. The van der Waals surface area contributed by atoms with Crippen LogP contribution in [-0.2, 0) is 33.3 Å². The van der Waals surface area contributed by atoms with Crippen LogP contribution in [0, 0.1) is 29.6 Å². The second-order valence-electron chi connectivity index (χ2n) is 13.2. The number of aliphatic hydroxyl groups excluding tert-OH is 4. The molecule has 0 aromatic carbocycles. The standard InChI is InChI=1S/C33H55NO11/c1-9-25-22(16-35)14-17(2)10-11-24(36)18(3)15-23(32-41-12-13-42-32)30(19(4)27(37)20(5)31(40)44-25)45-33-29(39)26(34(7)8)28(38)21(6)43-33/h10-11,14,18-23,25-30,32-33,35,37-39H,9,12-13,15-16H2,1-8H3/b11-10-,17-14-/t18?,19?,20?,21-,22?,23?,25?,26+,27?,28-,29-,30?,33+/m1/s1. The van der Waals surface area contributed by atoms with E-state index >= 15 is 0 Å². The fourth-order valence-corrected chi connectivity index (χ4v) is 6.62. The SMILES string of the molecule is CCC1OC(=O)C(C)C(O)C(C)C(O[C@@H]2O[C@H](C)[C@@H](O)[C@H](N(C)C)[C@H]2O)C(C2OCCO2)CC(C)C(=O)/C=C\C(C)=C/C1CO. The number of ketones is 1. The number of carbonyl (C=O) groups is 2. The van der Waals surface area contributed by atoms with E-state index in [2.05, 4.69) is 0 Å². The number of aliphatic hydroxyl groups is 4. The van der Waals surface area contributed by atoms with Gasteiger partial charge < -0.3 is 49.0 Å². The number of esters is 1. The topological polar surface area (TPSA) is 164 Å². The Morgan fingerprint density at radius 1 is 0.978 bits per heavy atom. The Bertz CT molecular complexity index is 1030. The van der Waals surface area contributed by atoms with E-state index in [9.17, 15) is 30.0 Å². The minimum atomic E-state index is -1.28. The number of carbonyl (C=O) groups excluding carboxylic acids is 2. The molecule has 45 heavy (non-hydrogen) atoms. The van der Waals surface area contributed by atoms with E-state index in [4.69, 9.17) is 23.7 Å². The lowest BCUT2D eigenvalue weighted by atomic mass is 9.78. The maximum absolute atomic E-state index is 13.4. The molecule has 3 rings (SSSR count). The van der Waals surface area contributed by atoms with Crippen LogP contribution in [0.25, 0.3) is 0 Å². The molecule has 12 heteroatoms. The van der Waals surface area contributed by atoms with Gasteiger partial charge in [0.15, 0.2) is 18.4 Å². The van der Waals surface area contributed by atoms with Gasteiger partial charge in [0.2, 0.25) is 0 Å². The first kappa shape index (κ1) is 37.7. The molecule has 8 unspecified atom stereocenters. The highest BCUT2D eigenvalue weighted by Crippen LogP contribution is 2.37. The first-order chi connectivity index (χ1) is 21.2. The van der Waals surface area contributed by atoms with Crippen LogP contribution in [0.4, 0.5) is 0 Å². The van der Waals surface area contributed by atoms with Gasteiger partial charge >= 0.3 is 5.97 Å². The number of allylic oxidation sites excluding steroid dienone is 3. The monoisotopic (exact) mass is 641 g/mol. The lowest BCUT2D eigenvalue weighted by Crippen LogP contribution is -2.63. The predicted molar refractivity (Wildman–Crippen MR) is 165 cm³/mol. The third-order valence-corrected chi connectivity index (χ3v) is 9.51. The van der Waals surface area contributed by atoms with E-state index in [0.717, 1.165) is 5.57 Å². The summed E-state index contributed by atoms with van der Waals surface area (Å²) >= 11 is 0. The summed E-state index contributed by atoms with van der Waals surface area (Å²) in [7, 11) is 3.48. The minimum Gasteiger partial charge on any atom is -0.461 e. The third-order valence-electron chi connectivity index (χ3n) is 9.51. The molecule has 0 amide bonds. The summed E-state index contributed by atoms with van der Waals surface area (Å²) in [6, 6.07) is -0.705. The van der Waals surface area contributed by atoms with Crippen molar-refractivity contribution in [1.29, 1.82) is 0 Å². The van der Waals surface area contributed by atoms with Gasteiger partial charge in [-0.2, -0.15) is 0 Å². The fourth-order valence-electron chi connectivity index (χ4n) is 6.62. The Balaban J connectivity index is 2.08. The van der Waals surface area contributed by atoms with Crippen molar-refractivity contribution < 1.29 is 53.7 Å². The average Bonchev–Trinajstić information content (AvgIpc) is 3.54. The lowest BCUT2D eigenvalue weighted by molar-refractivity contribution is -0.311. The van der Waals surface area contributed by atoms with E-state index in [-0.39, 0.29) is 18.8 Å². The Morgan fingerprint density at radius 3 is 2.20 bits per heavy atom. The van der Waals surface area contributed by atoms with Crippen molar-refractivity contribution in [3.05, 3.63) is 23.8 Å². The Morgan fingerprint density at radius 2 is 1.62 bits per heavy atom. The van der Waals surface area contributed by atoms with Crippen LogP contribution in [0.2, 0.25) is 0 Å². The van der Waals surface area contributed by atoms with Gasteiger partial charge in [0.1, 0.15) is 12.2 Å². The van der Waals surface area contributed by atoms with E-state index < -0.39 is 90.8 Å². The molecular formula is C33H55NO11. The van der Waals surface area contributed by atoms with Crippen molar-refractivity contribution in [2.45, 2.75) is 110 Å². The van der Waals surface area contributed by atoms with Crippen LogP contribution in [0.1, 0.15) is 54.4 Å². The van der Waals surface area contributed by atoms with E-state index in [1.54, 1.807) is 58.8 Å². The lowest BCUT2D eigenvalue weighted by Gasteiger charge is -2.47. The zero-order valence-electron chi connectivity index (χ0n) is 27.9. The molecule has 12 nitrogen and oxygen atoms in total. The molecule has 2 fully saturated rings. The van der Waals surface area contributed by atoms with Crippen LogP contribution in [0.3, 0.4) is 0 Å². The number of ether oxygens (including phenoxy) is 5. The Kier molecular flexibility index (Phi) is 14.2. The van der Waals surface area contributed by atoms with Gasteiger partial charge in [0, 0.05) is 23.7 Å². The van der Waals surface area contributed by atoms with Crippen LogP contribution in [0.15, 0.2) is 23.8 Å². The number of nitrogens with zero attached hydrogens (tertiary/aromatic N) is 1. The maximum atomic E-state index is 13.4. The van der Waals surface area contributed by atoms with E-state index in [0.29, 0.717) is 19.6 Å². The van der Waals surface area contributed by atoms with Gasteiger partial charge in [-0.25, -0.2) is 0 Å². The molecule has 3 aliphatic rings. The normalized spacial score (nSPS) is 43.6. The third kappa shape index (κ3) is 9.21. The molecule has 0 aromatic rings. The van der Waals surface area contributed by atoms with Gasteiger partial charge in [-0.3, -0.25) is 9.59 Å². The van der Waals surface area contributed by atoms with Crippen molar-refractivity contribution in [2.24, 2.45) is 29.6 Å². The number of likely N-dealkylation sites (N-methyl/N-ethyl adjacent to an activating group) is 1. The molecule has 3 heterocycles. The van der Waals surface area contributed by atoms with Gasteiger partial charge in [-0.15, -0.1) is 0 Å². The summed E-state index contributed by atoms with van der Waals surface area (Å²) in [4.78, 5) is 28.5. The molecule has 3 aliphatic heterocycles. The summed E-state index contributed by atoms with van der Waals surface area (Å²) in [6.07, 6.45) is -2.15. The summed E-state index contributed by atoms with van der Waals surface area (Å²) in [5.41, 5.74) is 0.730. The average molecular weight is 642 g/mol. The first-order valence-electron chi connectivity index (χ1n) is 16.2. The molecule has 0 aliphatic carbocycles. The van der Waals surface area contributed by atoms with Crippen molar-refractivity contribution in [1.82, 2.24) is 4.90 Å².